The number of hydrogen-bond donors (Lipinski definition) is 0. The van der Waals surface area contributed by atoms with Crippen molar-refractivity contribution in [2.45, 2.75) is 12.8 Å². The van der Waals surface area contributed by atoms with E-state index >= 15 is 0 Å². The molecular weight excluding hydrogens is 357 g/mol. The average Bonchev–Trinajstić information content (AvgIpc) is 3.15. The molecule has 0 saturated carbocycles. The van der Waals surface area contributed by atoms with Crippen molar-refractivity contribution >= 4 is 39.9 Å². The second kappa shape index (κ2) is 6.70. The van der Waals surface area contributed by atoms with Crippen molar-refractivity contribution in [1.82, 2.24) is 9.97 Å². The van der Waals surface area contributed by atoms with Crippen LogP contribution in [0.1, 0.15) is 12.8 Å². The van der Waals surface area contributed by atoms with E-state index in [-0.39, 0.29) is 0 Å². The maximum atomic E-state index is 6.45. The fraction of sp³-hybridized carbons (Fsp3) is 0.263. The third kappa shape index (κ3) is 3.00. The molecule has 0 N–H and O–H groups in total. The Bertz CT molecular complexity index is 939. The predicted octanol–water partition coefficient (Wildman–Crippen LogP) is 5.21. The van der Waals surface area contributed by atoms with Crippen molar-refractivity contribution in [2.75, 3.05) is 25.1 Å². The maximum absolute atomic E-state index is 6.45. The lowest BCUT2D eigenvalue weighted by Gasteiger charge is -2.20. The Hall–Kier alpha value is -2.04. The normalized spacial score (nSPS) is 14.3. The first-order valence-corrected chi connectivity index (χ1v) is 8.98. The second-order valence-corrected chi connectivity index (χ2v) is 6.89. The predicted molar refractivity (Wildman–Crippen MR) is 103 cm³/mol. The summed E-state index contributed by atoms with van der Waals surface area (Å²) in [5, 5.41) is 2.01. The lowest BCUT2D eigenvalue weighted by molar-refractivity contribution is 0.416. The van der Waals surface area contributed by atoms with Crippen LogP contribution in [0, 0.1) is 0 Å². The number of fused-ring (bicyclic) bond motifs is 1. The van der Waals surface area contributed by atoms with E-state index < -0.39 is 0 Å². The fourth-order valence-corrected chi connectivity index (χ4v) is 3.80. The first-order valence-electron chi connectivity index (χ1n) is 8.22. The zero-order valence-electron chi connectivity index (χ0n) is 13.8. The first kappa shape index (κ1) is 16.4. The van der Waals surface area contributed by atoms with Crippen LogP contribution >= 0.6 is 23.2 Å². The summed E-state index contributed by atoms with van der Waals surface area (Å²) < 4.78 is 5.48. The molecule has 0 bridgehead atoms. The minimum atomic E-state index is 0.529. The Labute approximate surface area is 156 Å². The van der Waals surface area contributed by atoms with Crippen LogP contribution in [0.2, 0.25) is 10.0 Å². The molecular formula is C19H17Cl2N3O. The van der Waals surface area contributed by atoms with Crippen LogP contribution in [-0.2, 0) is 0 Å². The lowest BCUT2D eigenvalue weighted by Crippen LogP contribution is -2.20. The third-order valence-corrected chi connectivity index (χ3v) is 4.96. The summed E-state index contributed by atoms with van der Waals surface area (Å²) in [5.74, 6) is 2.23. The number of halogens is 2. The van der Waals surface area contributed by atoms with Gasteiger partial charge in [-0.05, 0) is 37.1 Å². The Kier molecular flexibility index (Phi) is 4.40. The number of methoxy groups -OCH3 is 1. The van der Waals surface area contributed by atoms with E-state index in [1.54, 1.807) is 13.2 Å². The van der Waals surface area contributed by atoms with E-state index in [9.17, 15) is 0 Å². The number of ether oxygens (including phenoxy) is 1. The molecule has 25 heavy (non-hydrogen) atoms. The van der Waals surface area contributed by atoms with Gasteiger partial charge in [0.1, 0.15) is 11.6 Å². The first-order chi connectivity index (χ1) is 12.2. The van der Waals surface area contributed by atoms with Gasteiger partial charge in [-0.1, -0.05) is 35.3 Å². The number of hydrogen-bond acceptors (Lipinski definition) is 4. The van der Waals surface area contributed by atoms with Crippen LogP contribution in [-0.4, -0.2) is 30.2 Å². The minimum Gasteiger partial charge on any atom is -0.496 e. The molecule has 0 aliphatic carbocycles. The monoisotopic (exact) mass is 373 g/mol. The molecule has 0 atom stereocenters. The Morgan fingerprint density at radius 3 is 2.56 bits per heavy atom. The molecule has 0 amide bonds. The highest BCUT2D eigenvalue weighted by Crippen LogP contribution is 2.36. The SMILES string of the molecule is COc1ccccc1-c1nc(N2CCCC2)c2cc(Cl)cc(Cl)c2n1. The molecule has 4 nitrogen and oxygen atoms in total. The van der Waals surface area contributed by atoms with Gasteiger partial charge in [0.2, 0.25) is 0 Å². The van der Waals surface area contributed by atoms with Gasteiger partial charge < -0.3 is 9.64 Å². The molecule has 3 aromatic rings. The molecule has 4 rings (SSSR count). The minimum absolute atomic E-state index is 0.529. The largest absolute Gasteiger partial charge is 0.496 e. The number of para-hydroxylation sites is 1. The van der Waals surface area contributed by atoms with Crippen molar-refractivity contribution < 1.29 is 4.74 Å². The summed E-state index contributed by atoms with van der Waals surface area (Å²) in [7, 11) is 1.65. The molecule has 1 aliphatic rings. The molecule has 1 aliphatic heterocycles. The zero-order chi connectivity index (χ0) is 17.4. The van der Waals surface area contributed by atoms with E-state index in [1.807, 2.05) is 30.3 Å². The summed E-state index contributed by atoms with van der Waals surface area (Å²) in [5.41, 5.74) is 1.56. The van der Waals surface area contributed by atoms with Gasteiger partial charge in [-0.2, -0.15) is 0 Å². The van der Waals surface area contributed by atoms with Gasteiger partial charge >= 0.3 is 0 Å². The Morgan fingerprint density at radius 1 is 1.04 bits per heavy atom. The number of anilines is 1. The number of rotatable bonds is 3. The van der Waals surface area contributed by atoms with Crippen molar-refractivity contribution in [1.29, 1.82) is 0 Å². The van der Waals surface area contributed by atoms with E-state index in [0.717, 1.165) is 48.4 Å². The number of benzene rings is 2. The molecule has 1 fully saturated rings. The molecule has 2 heterocycles. The van der Waals surface area contributed by atoms with Gasteiger partial charge in [-0.15, -0.1) is 0 Å². The summed E-state index contributed by atoms with van der Waals surface area (Å²) in [6, 6.07) is 11.3. The summed E-state index contributed by atoms with van der Waals surface area (Å²) >= 11 is 12.7. The quantitative estimate of drug-likeness (QED) is 0.631. The van der Waals surface area contributed by atoms with Crippen LogP contribution in [0.3, 0.4) is 0 Å². The van der Waals surface area contributed by atoms with Crippen LogP contribution in [0.15, 0.2) is 36.4 Å². The van der Waals surface area contributed by atoms with Crippen LogP contribution in [0.25, 0.3) is 22.3 Å². The summed E-state index contributed by atoms with van der Waals surface area (Å²) in [6.07, 6.45) is 2.31. The highest BCUT2D eigenvalue weighted by Gasteiger charge is 2.21. The standard InChI is InChI=1S/C19H17Cl2N3O/c1-25-16-7-3-2-6-13(16)18-22-17-14(10-12(20)11-15(17)21)19(23-18)24-8-4-5-9-24/h2-3,6-7,10-11H,4-5,8-9H2,1H3. The van der Waals surface area contributed by atoms with Crippen molar-refractivity contribution in [3.8, 4) is 17.1 Å². The highest BCUT2D eigenvalue weighted by molar-refractivity contribution is 6.38. The van der Waals surface area contributed by atoms with Crippen molar-refractivity contribution in [2.24, 2.45) is 0 Å². The smallest absolute Gasteiger partial charge is 0.165 e. The van der Waals surface area contributed by atoms with Crippen LogP contribution in [0.4, 0.5) is 5.82 Å². The Balaban J connectivity index is 2.00. The van der Waals surface area contributed by atoms with Gasteiger partial charge in [-0.25, -0.2) is 9.97 Å². The van der Waals surface area contributed by atoms with Gasteiger partial charge in [0, 0.05) is 23.5 Å². The molecule has 0 radical (unpaired) electrons. The van der Waals surface area contributed by atoms with Crippen LogP contribution in [0.5, 0.6) is 5.75 Å². The van der Waals surface area contributed by atoms with Gasteiger partial charge in [0.15, 0.2) is 5.82 Å². The van der Waals surface area contributed by atoms with E-state index in [4.69, 9.17) is 37.9 Å². The third-order valence-electron chi connectivity index (χ3n) is 4.45. The van der Waals surface area contributed by atoms with E-state index in [1.165, 1.54) is 0 Å². The summed E-state index contributed by atoms with van der Waals surface area (Å²) in [6.45, 7) is 1.95. The molecule has 2 aromatic carbocycles. The van der Waals surface area contributed by atoms with Gasteiger partial charge in [-0.3, -0.25) is 0 Å². The van der Waals surface area contributed by atoms with Gasteiger partial charge in [0.25, 0.3) is 0 Å². The molecule has 6 heteroatoms. The summed E-state index contributed by atoms with van der Waals surface area (Å²) in [4.78, 5) is 11.9. The zero-order valence-corrected chi connectivity index (χ0v) is 15.3. The highest BCUT2D eigenvalue weighted by atomic mass is 35.5. The molecule has 1 saturated heterocycles. The number of aromatic nitrogens is 2. The van der Waals surface area contributed by atoms with Crippen molar-refractivity contribution in [3.63, 3.8) is 0 Å². The van der Waals surface area contributed by atoms with E-state index in [0.29, 0.717) is 21.4 Å². The molecule has 1 aromatic heterocycles. The maximum Gasteiger partial charge on any atom is 0.165 e. The number of nitrogens with zero attached hydrogens (tertiary/aromatic N) is 3. The topological polar surface area (TPSA) is 38.2 Å². The molecule has 128 valence electrons. The second-order valence-electron chi connectivity index (χ2n) is 6.05. The Morgan fingerprint density at radius 2 is 1.80 bits per heavy atom. The van der Waals surface area contributed by atoms with E-state index in [2.05, 4.69) is 4.90 Å². The van der Waals surface area contributed by atoms with Gasteiger partial charge in [0.05, 0.1) is 23.2 Å². The lowest BCUT2D eigenvalue weighted by atomic mass is 10.1. The molecule has 0 unspecified atom stereocenters. The van der Waals surface area contributed by atoms with Crippen LogP contribution < -0.4 is 9.64 Å². The fourth-order valence-electron chi connectivity index (χ4n) is 3.26. The average molecular weight is 374 g/mol. The van der Waals surface area contributed by atoms with Crippen molar-refractivity contribution in [3.05, 3.63) is 46.4 Å². The molecule has 0 spiro atoms.